The van der Waals surface area contributed by atoms with Crippen LogP contribution in [0.2, 0.25) is 5.02 Å². The monoisotopic (exact) mass is 392 g/mol. The van der Waals surface area contributed by atoms with Gasteiger partial charge in [-0.2, -0.15) is 0 Å². The largest absolute Gasteiger partial charge is 0.493 e. The summed E-state index contributed by atoms with van der Waals surface area (Å²) in [6.45, 7) is 3.68. The van der Waals surface area contributed by atoms with Gasteiger partial charge in [0.25, 0.3) is 5.91 Å². The third kappa shape index (κ3) is 9.78. The summed E-state index contributed by atoms with van der Waals surface area (Å²) in [7, 11) is 1.54. The molecule has 0 aliphatic heterocycles. The summed E-state index contributed by atoms with van der Waals surface area (Å²) in [5.74, 6) is 0.288. The van der Waals surface area contributed by atoms with Gasteiger partial charge >= 0.3 is 0 Å². The Morgan fingerprint density at radius 3 is 2.52 bits per heavy atom. The van der Waals surface area contributed by atoms with Crippen molar-refractivity contribution in [2.75, 3.05) is 20.3 Å². The highest BCUT2D eigenvalue weighted by Gasteiger charge is 2.13. The smallest absolute Gasteiger partial charge is 0.255 e. The molecule has 5 nitrogen and oxygen atoms in total. The first-order chi connectivity index (χ1) is 11.6. The molecule has 0 aliphatic carbocycles. The van der Waals surface area contributed by atoms with Crippen LogP contribution in [-0.4, -0.2) is 26.2 Å². The Labute approximate surface area is 162 Å². The number of carbonyl (C=O) groups is 1. The van der Waals surface area contributed by atoms with Crippen LogP contribution in [0, 0.1) is 0 Å². The van der Waals surface area contributed by atoms with Crippen LogP contribution in [0.25, 0.3) is 0 Å². The lowest BCUT2D eigenvalue weighted by Crippen LogP contribution is -2.20. The molecule has 0 atom stereocenters. The zero-order valence-corrected chi connectivity index (χ0v) is 16.7. The number of benzene rings is 1. The Kier molecular flexibility index (Phi) is 13.4. The summed E-state index contributed by atoms with van der Waals surface area (Å²) in [4.78, 5) is 10.8. The van der Waals surface area contributed by atoms with Crippen LogP contribution in [-0.2, 0) is 11.3 Å². The SMILES string of the molecule is CCCCCCCCNCc1cc(Cl)c(OCC(N)=O)c(OC)c1.Cl. The number of methoxy groups -OCH3 is 1. The number of hydrogen-bond acceptors (Lipinski definition) is 4. The van der Waals surface area contributed by atoms with Crippen molar-refractivity contribution in [3.05, 3.63) is 22.7 Å². The van der Waals surface area contributed by atoms with E-state index in [-0.39, 0.29) is 19.0 Å². The predicted octanol–water partition coefficient (Wildman–Crippen LogP) is 4.08. The topological polar surface area (TPSA) is 73.6 Å². The van der Waals surface area contributed by atoms with E-state index >= 15 is 0 Å². The van der Waals surface area contributed by atoms with Crippen LogP contribution in [0.3, 0.4) is 0 Å². The molecule has 1 rings (SSSR count). The van der Waals surface area contributed by atoms with Crippen molar-refractivity contribution in [3.8, 4) is 11.5 Å². The molecule has 3 N–H and O–H groups in total. The second-order valence-electron chi connectivity index (χ2n) is 5.81. The van der Waals surface area contributed by atoms with Crippen molar-refractivity contribution in [2.24, 2.45) is 5.73 Å². The normalized spacial score (nSPS) is 10.2. The van der Waals surface area contributed by atoms with Crippen molar-refractivity contribution < 1.29 is 14.3 Å². The number of nitrogens with one attached hydrogen (secondary N) is 1. The molecule has 0 aliphatic rings. The molecule has 0 aromatic heterocycles. The van der Waals surface area contributed by atoms with Gasteiger partial charge < -0.3 is 20.5 Å². The van der Waals surface area contributed by atoms with Crippen molar-refractivity contribution in [3.63, 3.8) is 0 Å². The molecule has 7 heteroatoms. The van der Waals surface area contributed by atoms with Crippen molar-refractivity contribution >= 4 is 29.9 Å². The van der Waals surface area contributed by atoms with E-state index in [1.54, 1.807) is 0 Å². The maximum atomic E-state index is 10.8. The summed E-state index contributed by atoms with van der Waals surface area (Å²) in [6.07, 6.45) is 7.68. The van der Waals surface area contributed by atoms with Gasteiger partial charge in [-0.1, -0.05) is 50.6 Å². The van der Waals surface area contributed by atoms with Gasteiger partial charge in [0, 0.05) is 6.54 Å². The van der Waals surface area contributed by atoms with Gasteiger partial charge in [0.15, 0.2) is 18.1 Å². The van der Waals surface area contributed by atoms with E-state index in [1.807, 2.05) is 12.1 Å². The second-order valence-corrected chi connectivity index (χ2v) is 6.22. The molecule has 0 saturated heterocycles. The lowest BCUT2D eigenvalue weighted by Gasteiger charge is -2.13. The average Bonchev–Trinajstić information content (AvgIpc) is 2.55. The molecule has 144 valence electrons. The minimum atomic E-state index is -0.558. The molecule has 0 heterocycles. The Morgan fingerprint density at radius 1 is 1.20 bits per heavy atom. The van der Waals surface area contributed by atoms with E-state index in [9.17, 15) is 4.79 Å². The van der Waals surface area contributed by atoms with Crippen molar-refractivity contribution in [1.29, 1.82) is 0 Å². The summed E-state index contributed by atoms with van der Waals surface area (Å²) >= 11 is 6.22. The van der Waals surface area contributed by atoms with Crippen LogP contribution < -0.4 is 20.5 Å². The fourth-order valence-corrected chi connectivity index (χ4v) is 2.71. The maximum Gasteiger partial charge on any atom is 0.255 e. The zero-order chi connectivity index (χ0) is 17.8. The number of amides is 1. The summed E-state index contributed by atoms with van der Waals surface area (Å²) in [5.41, 5.74) is 6.09. The summed E-state index contributed by atoms with van der Waals surface area (Å²) in [6, 6.07) is 3.67. The third-order valence-corrected chi connectivity index (χ3v) is 3.96. The molecule has 0 spiro atoms. The first kappa shape index (κ1) is 23.8. The van der Waals surface area contributed by atoms with Crippen LogP contribution in [0.4, 0.5) is 0 Å². The molecule has 1 amide bonds. The molecular weight excluding hydrogens is 363 g/mol. The molecule has 0 radical (unpaired) electrons. The second kappa shape index (κ2) is 14.0. The van der Waals surface area contributed by atoms with Gasteiger partial charge in [-0.25, -0.2) is 0 Å². The van der Waals surface area contributed by atoms with Crippen molar-refractivity contribution in [1.82, 2.24) is 5.32 Å². The van der Waals surface area contributed by atoms with E-state index in [0.29, 0.717) is 23.1 Å². The minimum absolute atomic E-state index is 0. The van der Waals surface area contributed by atoms with Crippen LogP contribution in [0.1, 0.15) is 51.0 Å². The predicted molar refractivity (Wildman–Crippen MR) is 105 cm³/mol. The number of ether oxygens (including phenoxy) is 2. The fourth-order valence-electron chi connectivity index (χ4n) is 2.42. The van der Waals surface area contributed by atoms with Gasteiger partial charge in [0.05, 0.1) is 12.1 Å². The summed E-state index contributed by atoms with van der Waals surface area (Å²) < 4.78 is 10.6. The van der Waals surface area contributed by atoms with Crippen LogP contribution >= 0.6 is 24.0 Å². The number of hydrogen-bond donors (Lipinski definition) is 2. The van der Waals surface area contributed by atoms with E-state index in [1.165, 1.54) is 45.6 Å². The highest BCUT2D eigenvalue weighted by molar-refractivity contribution is 6.32. The minimum Gasteiger partial charge on any atom is -0.493 e. The van der Waals surface area contributed by atoms with E-state index in [0.717, 1.165) is 12.1 Å². The molecule has 0 unspecified atom stereocenters. The van der Waals surface area contributed by atoms with Gasteiger partial charge in [-0.3, -0.25) is 4.79 Å². The first-order valence-corrected chi connectivity index (χ1v) is 8.94. The van der Waals surface area contributed by atoms with Gasteiger partial charge in [-0.15, -0.1) is 12.4 Å². The number of rotatable bonds is 13. The lowest BCUT2D eigenvalue weighted by molar-refractivity contribution is -0.119. The number of primary amides is 1. The molecule has 0 bridgehead atoms. The standard InChI is InChI=1S/C18H29ClN2O3.ClH/c1-3-4-5-6-7-8-9-21-12-14-10-15(19)18(16(11-14)23-2)24-13-17(20)22;/h10-11,21H,3-9,12-13H2,1-2H3,(H2,20,22);1H. The molecular formula is C18H30Cl2N2O3. The Balaban J connectivity index is 0.00000576. The highest BCUT2D eigenvalue weighted by Crippen LogP contribution is 2.36. The van der Waals surface area contributed by atoms with Crippen LogP contribution in [0.5, 0.6) is 11.5 Å². The van der Waals surface area contributed by atoms with Gasteiger partial charge in [0.2, 0.25) is 0 Å². The molecule has 1 aromatic carbocycles. The van der Waals surface area contributed by atoms with E-state index in [2.05, 4.69) is 12.2 Å². The number of nitrogens with two attached hydrogens (primary N) is 1. The first-order valence-electron chi connectivity index (χ1n) is 8.56. The number of halogens is 2. The molecule has 1 aromatic rings. The van der Waals surface area contributed by atoms with Crippen molar-refractivity contribution in [2.45, 2.75) is 52.0 Å². The molecule has 25 heavy (non-hydrogen) atoms. The highest BCUT2D eigenvalue weighted by atomic mass is 35.5. The van der Waals surface area contributed by atoms with Crippen LogP contribution in [0.15, 0.2) is 12.1 Å². The van der Waals surface area contributed by atoms with E-state index in [4.69, 9.17) is 26.8 Å². The molecule has 0 fully saturated rings. The number of carbonyl (C=O) groups excluding carboxylic acids is 1. The van der Waals surface area contributed by atoms with E-state index < -0.39 is 5.91 Å². The maximum absolute atomic E-state index is 10.8. The summed E-state index contributed by atoms with van der Waals surface area (Å²) in [5, 5.41) is 3.82. The fraction of sp³-hybridized carbons (Fsp3) is 0.611. The molecule has 0 saturated carbocycles. The Morgan fingerprint density at radius 2 is 1.88 bits per heavy atom. The Hall–Kier alpha value is -1.17. The van der Waals surface area contributed by atoms with Gasteiger partial charge in [0.1, 0.15) is 0 Å². The lowest BCUT2D eigenvalue weighted by atomic mass is 10.1. The Bertz CT molecular complexity index is 513. The zero-order valence-electron chi connectivity index (χ0n) is 15.1. The average molecular weight is 393 g/mol. The quantitative estimate of drug-likeness (QED) is 0.495. The van der Waals surface area contributed by atoms with Gasteiger partial charge in [-0.05, 0) is 30.7 Å². The third-order valence-electron chi connectivity index (χ3n) is 3.68. The number of unbranched alkanes of at least 4 members (excludes halogenated alkanes) is 5.